The first-order valence-electron chi connectivity index (χ1n) is 9.03. The van der Waals surface area contributed by atoms with Crippen LogP contribution in [-0.2, 0) is 4.74 Å². The van der Waals surface area contributed by atoms with Crippen LogP contribution in [0.15, 0.2) is 0 Å². The smallest absolute Gasteiger partial charge is 0.0678 e. The molecule has 0 radical (unpaired) electrons. The van der Waals surface area contributed by atoms with E-state index in [1.165, 1.54) is 57.9 Å². The van der Waals surface area contributed by atoms with Gasteiger partial charge in [0.1, 0.15) is 0 Å². The van der Waals surface area contributed by atoms with Crippen LogP contribution in [0.2, 0.25) is 0 Å². The van der Waals surface area contributed by atoms with Crippen molar-refractivity contribution in [3.63, 3.8) is 0 Å². The van der Waals surface area contributed by atoms with Gasteiger partial charge in [0, 0.05) is 19.6 Å². The largest absolute Gasteiger partial charge is 0.373 e. The molecular weight excluding hydrogens is 246 g/mol. The second kappa shape index (κ2) is 10.6. The summed E-state index contributed by atoms with van der Waals surface area (Å²) in [6.07, 6.45) is 12.0. The fourth-order valence-corrected chi connectivity index (χ4v) is 3.48. The van der Waals surface area contributed by atoms with E-state index in [1.54, 1.807) is 0 Å². The van der Waals surface area contributed by atoms with Crippen molar-refractivity contribution >= 4 is 0 Å². The van der Waals surface area contributed by atoms with Gasteiger partial charge in [0.2, 0.25) is 0 Å². The van der Waals surface area contributed by atoms with Gasteiger partial charge in [-0.3, -0.25) is 4.90 Å². The molecule has 0 saturated carbocycles. The molecule has 20 heavy (non-hydrogen) atoms. The van der Waals surface area contributed by atoms with Gasteiger partial charge in [0.25, 0.3) is 0 Å². The number of nitrogens with zero attached hydrogens (tertiary/aromatic N) is 1. The lowest BCUT2D eigenvalue weighted by Gasteiger charge is -2.37. The van der Waals surface area contributed by atoms with Crippen molar-refractivity contribution in [2.24, 2.45) is 5.92 Å². The summed E-state index contributed by atoms with van der Waals surface area (Å²) in [5.74, 6) is 0.907. The number of hydrogen-bond acceptors (Lipinski definition) is 2. The van der Waals surface area contributed by atoms with Gasteiger partial charge < -0.3 is 4.74 Å². The molecule has 0 aromatic carbocycles. The van der Waals surface area contributed by atoms with Gasteiger partial charge in [0.15, 0.2) is 0 Å². The maximum Gasteiger partial charge on any atom is 0.0678 e. The fraction of sp³-hybridized carbons (Fsp3) is 1.00. The molecule has 1 aliphatic heterocycles. The van der Waals surface area contributed by atoms with Crippen LogP contribution < -0.4 is 0 Å². The molecule has 2 nitrogen and oxygen atoms in total. The van der Waals surface area contributed by atoms with Crippen molar-refractivity contribution in [1.29, 1.82) is 0 Å². The molecule has 120 valence electrons. The molecule has 1 aliphatic rings. The first-order chi connectivity index (χ1) is 9.65. The summed E-state index contributed by atoms with van der Waals surface area (Å²) in [4.78, 5) is 2.65. The fourth-order valence-electron chi connectivity index (χ4n) is 3.48. The number of ether oxygens (including phenoxy) is 1. The van der Waals surface area contributed by atoms with Gasteiger partial charge in [0.05, 0.1) is 12.2 Å². The number of unbranched alkanes of at least 4 members (excludes halogenated alkanes) is 4. The van der Waals surface area contributed by atoms with Crippen LogP contribution >= 0.6 is 0 Å². The number of morpholine rings is 1. The molecule has 0 amide bonds. The highest BCUT2D eigenvalue weighted by molar-refractivity contribution is 4.76. The Morgan fingerprint density at radius 2 is 1.50 bits per heavy atom. The molecule has 1 rings (SSSR count). The summed E-state index contributed by atoms with van der Waals surface area (Å²) < 4.78 is 5.85. The molecule has 0 spiro atoms. The molecule has 0 bridgehead atoms. The Bertz CT molecular complexity index is 221. The van der Waals surface area contributed by atoms with Crippen LogP contribution in [0.3, 0.4) is 0 Å². The van der Waals surface area contributed by atoms with Crippen molar-refractivity contribution in [2.75, 3.05) is 19.6 Å². The van der Waals surface area contributed by atoms with Gasteiger partial charge in [-0.25, -0.2) is 0 Å². The van der Waals surface area contributed by atoms with Crippen molar-refractivity contribution < 1.29 is 4.74 Å². The van der Waals surface area contributed by atoms with Gasteiger partial charge in [-0.2, -0.15) is 0 Å². The highest BCUT2D eigenvalue weighted by Crippen LogP contribution is 2.21. The van der Waals surface area contributed by atoms with Crippen LogP contribution in [0.1, 0.15) is 79.1 Å². The Kier molecular flexibility index (Phi) is 9.54. The molecule has 1 unspecified atom stereocenters. The first kappa shape index (κ1) is 18.0. The molecule has 0 N–H and O–H groups in total. The zero-order valence-electron chi connectivity index (χ0n) is 14.4. The number of hydrogen-bond donors (Lipinski definition) is 0. The molecule has 0 aliphatic carbocycles. The van der Waals surface area contributed by atoms with E-state index in [0.29, 0.717) is 12.2 Å². The molecular formula is C18H37NO. The quantitative estimate of drug-likeness (QED) is 0.530. The van der Waals surface area contributed by atoms with Crippen molar-refractivity contribution in [3.8, 4) is 0 Å². The maximum absolute atomic E-state index is 5.85. The minimum Gasteiger partial charge on any atom is -0.373 e. The Hall–Kier alpha value is -0.0800. The van der Waals surface area contributed by atoms with Crippen molar-refractivity contribution in [1.82, 2.24) is 4.90 Å². The summed E-state index contributed by atoms with van der Waals surface area (Å²) in [6.45, 7) is 12.6. The number of rotatable bonds is 10. The zero-order valence-corrected chi connectivity index (χ0v) is 14.4. The average Bonchev–Trinajstić information content (AvgIpc) is 2.39. The van der Waals surface area contributed by atoms with E-state index < -0.39 is 0 Å². The highest BCUT2D eigenvalue weighted by Gasteiger charge is 2.24. The van der Waals surface area contributed by atoms with E-state index in [9.17, 15) is 0 Å². The summed E-state index contributed by atoms with van der Waals surface area (Å²) in [6, 6.07) is 0. The topological polar surface area (TPSA) is 12.5 Å². The lowest BCUT2D eigenvalue weighted by molar-refractivity contribution is -0.0720. The van der Waals surface area contributed by atoms with Crippen molar-refractivity contribution in [3.05, 3.63) is 0 Å². The van der Waals surface area contributed by atoms with Gasteiger partial charge in [-0.15, -0.1) is 0 Å². The van der Waals surface area contributed by atoms with Crippen LogP contribution in [0.25, 0.3) is 0 Å². The lowest BCUT2D eigenvalue weighted by Crippen LogP contribution is -2.47. The summed E-state index contributed by atoms with van der Waals surface area (Å²) in [7, 11) is 0. The van der Waals surface area contributed by atoms with Gasteiger partial charge in [-0.1, -0.05) is 52.4 Å². The molecule has 1 saturated heterocycles. The van der Waals surface area contributed by atoms with Crippen molar-refractivity contribution in [2.45, 2.75) is 91.3 Å². The Morgan fingerprint density at radius 1 is 0.900 bits per heavy atom. The third-order valence-electron chi connectivity index (χ3n) is 4.44. The monoisotopic (exact) mass is 283 g/mol. The standard InChI is InChI=1S/C18H37NO/c1-5-7-9-10-12-18(11-8-6-2)15-19-13-16(3)20-17(4)14-19/h16-18H,5-15H2,1-4H3/t16-,17+,18?. The van der Waals surface area contributed by atoms with Gasteiger partial charge in [-0.05, 0) is 32.6 Å². The van der Waals surface area contributed by atoms with Gasteiger partial charge >= 0.3 is 0 Å². The molecule has 3 atom stereocenters. The zero-order chi connectivity index (χ0) is 14.8. The van der Waals surface area contributed by atoms with E-state index in [4.69, 9.17) is 4.74 Å². The third kappa shape index (κ3) is 7.64. The van der Waals surface area contributed by atoms with E-state index in [-0.39, 0.29) is 0 Å². The van der Waals surface area contributed by atoms with Crippen LogP contribution in [0.4, 0.5) is 0 Å². The SMILES string of the molecule is CCCCCCC(CCCC)CN1C[C@@H](C)O[C@@H](C)C1. The summed E-state index contributed by atoms with van der Waals surface area (Å²) >= 11 is 0. The normalized spacial score (nSPS) is 25.8. The average molecular weight is 284 g/mol. The summed E-state index contributed by atoms with van der Waals surface area (Å²) in [5.41, 5.74) is 0. The van der Waals surface area contributed by atoms with Crippen LogP contribution in [0, 0.1) is 5.92 Å². The van der Waals surface area contributed by atoms with E-state index >= 15 is 0 Å². The lowest BCUT2D eigenvalue weighted by atomic mass is 9.94. The molecule has 1 heterocycles. The second-order valence-corrected chi connectivity index (χ2v) is 6.83. The molecule has 2 heteroatoms. The Labute approximate surface area is 127 Å². The predicted octanol–water partition coefficient (Wildman–Crippen LogP) is 4.87. The van der Waals surface area contributed by atoms with Crippen LogP contribution in [0.5, 0.6) is 0 Å². The second-order valence-electron chi connectivity index (χ2n) is 6.83. The molecule has 0 aromatic heterocycles. The minimum absolute atomic E-state index is 0.408. The third-order valence-corrected chi connectivity index (χ3v) is 4.44. The van der Waals surface area contributed by atoms with Crippen LogP contribution in [-0.4, -0.2) is 36.7 Å². The Balaban J connectivity index is 2.33. The molecule has 0 aromatic rings. The van der Waals surface area contributed by atoms with E-state index in [1.807, 2.05) is 0 Å². The Morgan fingerprint density at radius 3 is 2.10 bits per heavy atom. The summed E-state index contributed by atoms with van der Waals surface area (Å²) in [5, 5.41) is 0. The predicted molar refractivity (Wildman–Crippen MR) is 88.2 cm³/mol. The minimum atomic E-state index is 0.408. The van der Waals surface area contributed by atoms with E-state index in [0.717, 1.165) is 19.0 Å². The highest BCUT2D eigenvalue weighted by atomic mass is 16.5. The maximum atomic E-state index is 5.85. The van der Waals surface area contributed by atoms with E-state index in [2.05, 4.69) is 32.6 Å². The molecule has 1 fully saturated rings. The first-order valence-corrected chi connectivity index (χ1v) is 9.03.